The SMILES string of the molecule is COCc1cccc(C(=O)Nc2cnn3c2C(=O)N(c2ccc(C(F)(F)F)cc2)C[C@@H]3C)c1. The van der Waals surface area contributed by atoms with Gasteiger partial charge in [-0.1, -0.05) is 12.1 Å². The van der Waals surface area contributed by atoms with Crippen LogP contribution in [0, 0.1) is 0 Å². The highest BCUT2D eigenvalue weighted by molar-refractivity contribution is 6.13. The van der Waals surface area contributed by atoms with E-state index in [0.717, 1.165) is 17.7 Å². The Morgan fingerprint density at radius 2 is 1.94 bits per heavy atom. The number of hydrogen-bond donors (Lipinski definition) is 1. The molecule has 7 nitrogen and oxygen atoms in total. The summed E-state index contributed by atoms with van der Waals surface area (Å²) in [5, 5.41) is 6.97. The van der Waals surface area contributed by atoms with Crippen molar-refractivity contribution in [2.45, 2.75) is 25.7 Å². The lowest BCUT2D eigenvalue weighted by atomic mass is 10.1. The van der Waals surface area contributed by atoms with E-state index in [-0.39, 0.29) is 24.0 Å². The van der Waals surface area contributed by atoms with Crippen LogP contribution in [0.5, 0.6) is 0 Å². The molecule has 0 saturated carbocycles. The van der Waals surface area contributed by atoms with Crippen molar-refractivity contribution in [3.05, 3.63) is 77.1 Å². The summed E-state index contributed by atoms with van der Waals surface area (Å²) in [6, 6.07) is 11.0. The molecular weight excluding hydrogens is 437 g/mol. The molecule has 1 N–H and O–H groups in total. The van der Waals surface area contributed by atoms with Gasteiger partial charge in [-0.2, -0.15) is 18.3 Å². The van der Waals surface area contributed by atoms with Gasteiger partial charge in [0.25, 0.3) is 11.8 Å². The standard InChI is InChI=1S/C23H21F3N4O3/c1-14-12-29(18-8-6-17(7-9-18)23(24,25)26)22(32)20-19(11-27-30(14)20)28-21(31)16-5-3-4-15(10-16)13-33-2/h3-11,14H,12-13H2,1-2H3,(H,28,31)/t14-/m0/s1. The van der Waals surface area contributed by atoms with E-state index in [1.807, 2.05) is 13.0 Å². The lowest BCUT2D eigenvalue weighted by Gasteiger charge is -2.32. The van der Waals surface area contributed by atoms with Crippen LogP contribution in [0.4, 0.5) is 24.5 Å². The third-order valence-electron chi connectivity index (χ3n) is 5.36. The molecule has 4 rings (SSSR count). The van der Waals surface area contributed by atoms with E-state index in [9.17, 15) is 22.8 Å². The molecule has 2 amide bonds. The summed E-state index contributed by atoms with van der Waals surface area (Å²) >= 11 is 0. The van der Waals surface area contributed by atoms with Crippen molar-refractivity contribution in [1.29, 1.82) is 0 Å². The monoisotopic (exact) mass is 458 g/mol. The summed E-state index contributed by atoms with van der Waals surface area (Å²) in [5.74, 6) is -0.885. The first-order valence-corrected chi connectivity index (χ1v) is 10.1. The number of benzene rings is 2. The fraction of sp³-hybridized carbons (Fsp3) is 0.261. The Morgan fingerprint density at radius 3 is 2.61 bits per heavy atom. The Bertz CT molecular complexity index is 1190. The van der Waals surface area contributed by atoms with Crippen LogP contribution in [0.1, 0.15) is 44.9 Å². The van der Waals surface area contributed by atoms with Gasteiger partial charge in [-0.05, 0) is 48.9 Å². The average molecular weight is 458 g/mol. The first kappa shape index (κ1) is 22.5. The van der Waals surface area contributed by atoms with Gasteiger partial charge < -0.3 is 15.0 Å². The molecule has 2 heterocycles. The number of ether oxygens (including phenoxy) is 1. The lowest BCUT2D eigenvalue weighted by molar-refractivity contribution is -0.137. The van der Waals surface area contributed by atoms with E-state index < -0.39 is 23.6 Å². The summed E-state index contributed by atoms with van der Waals surface area (Å²) in [4.78, 5) is 27.4. The highest BCUT2D eigenvalue weighted by Gasteiger charge is 2.35. The largest absolute Gasteiger partial charge is 0.416 e. The van der Waals surface area contributed by atoms with Crippen molar-refractivity contribution in [3.8, 4) is 0 Å². The van der Waals surface area contributed by atoms with Crippen molar-refractivity contribution in [2.75, 3.05) is 23.9 Å². The predicted molar refractivity (Wildman–Crippen MR) is 115 cm³/mol. The highest BCUT2D eigenvalue weighted by atomic mass is 19.4. The number of anilines is 2. The maximum Gasteiger partial charge on any atom is 0.416 e. The van der Waals surface area contributed by atoms with Crippen molar-refractivity contribution >= 4 is 23.2 Å². The quantitative estimate of drug-likeness (QED) is 0.610. The third-order valence-corrected chi connectivity index (χ3v) is 5.36. The molecule has 172 valence electrons. The van der Waals surface area contributed by atoms with E-state index in [0.29, 0.717) is 17.9 Å². The molecule has 0 unspecified atom stereocenters. The van der Waals surface area contributed by atoms with Crippen LogP contribution in [-0.2, 0) is 17.5 Å². The predicted octanol–water partition coefficient (Wildman–Crippen LogP) is 4.52. The molecule has 1 aromatic heterocycles. The second-order valence-corrected chi connectivity index (χ2v) is 7.75. The number of alkyl halides is 3. The fourth-order valence-electron chi connectivity index (χ4n) is 3.77. The highest BCUT2D eigenvalue weighted by Crippen LogP contribution is 2.33. The topological polar surface area (TPSA) is 76.5 Å². The molecule has 0 saturated heterocycles. The minimum atomic E-state index is -4.46. The lowest BCUT2D eigenvalue weighted by Crippen LogP contribution is -2.43. The van der Waals surface area contributed by atoms with Crippen molar-refractivity contribution in [2.24, 2.45) is 0 Å². The number of carbonyl (C=O) groups excluding carboxylic acids is 2. The maximum atomic E-state index is 13.3. The summed E-state index contributed by atoms with van der Waals surface area (Å²) in [7, 11) is 1.56. The van der Waals surface area contributed by atoms with Crippen LogP contribution in [0.25, 0.3) is 0 Å². The Morgan fingerprint density at radius 1 is 1.21 bits per heavy atom. The number of aromatic nitrogens is 2. The summed E-state index contributed by atoms with van der Waals surface area (Å²) < 4.78 is 45.3. The van der Waals surface area contributed by atoms with Crippen LogP contribution >= 0.6 is 0 Å². The molecule has 1 aliphatic heterocycles. The molecule has 0 fully saturated rings. The second-order valence-electron chi connectivity index (χ2n) is 7.75. The van der Waals surface area contributed by atoms with Gasteiger partial charge in [-0.3, -0.25) is 14.3 Å². The van der Waals surface area contributed by atoms with Crippen LogP contribution < -0.4 is 10.2 Å². The number of rotatable bonds is 5. The number of nitrogens with zero attached hydrogens (tertiary/aromatic N) is 3. The van der Waals surface area contributed by atoms with E-state index in [1.54, 1.807) is 25.3 Å². The zero-order valence-corrected chi connectivity index (χ0v) is 17.9. The van der Waals surface area contributed by atoms with Gasteiger partial charge in [0.2, 0.25) is 0 Å². The third kappa shape index (κ3) is 4.47. The minimum absolute atomic E-state index is 0.162. The van der Waals surface area contributed by atoms with Crippen LogP contribution in [0.15, 0.2) is 54.7 Å². The second kappa shape index (κ2) is 8.70. The first-order chi connectivity index (χ1) is 15.7. The molecule has 33 heavy (non-hydrogen) atoms. The fourth-order valence-corrected chi connectivity index (χ4v) is 3.77. The van der Waals surface area contributed by atoms with Crippen LogP contribution in [0.2, 0.25) is 0 Å². The number of methoxy groups -OCH3 is 1. The van der Waals surface area contributed by atoms with Crippen molar-refractivity contribution < 1.29 is 27.5 Å². The smallest absolute Gasteiger partial charge is 0.380 e. The maximum absolute atomic E-state index is 13.3. The Balaban J connectivity index is 1.60. The Labute approximate surface area is 187 Å². The van der Waals surface area contributed by atoms with E-state index >= 15 is 0 Å². The zero-order chi connectivity index (χ0) is 23.8. The van der Waals surface area contributed by atoms with Gasteiger partial charge in [0.15, 0.2) is 5.69 Å². The number of fused-ring (bicyclic) bond motifs is 1. The zero-order valence-electron chi connectivity index (χ0n) is 17.9. The molecule has 2 aromatic carbocycles. The molecule has 10 heteroatoms. The minimum Gasteiger partial charge on any atom is -0.380 e. The van der Waals surface area contributed by atoms with Gasteiger partial charge in [0.05, 0.1) is 30.1 Å². The average Bonchev–Trinajstić information content (AvgIpc) is 3.21. The number of hydrogen-bond acceptors (Lipinski definition) is 4. The van der Waals surface area contributed by atoms with E-state index in [1.165, 1.54) is 27.9 Å². The van der Waals surface area contributed by atoms with Gasteiger partial charge >= 0.3 is 6.18 Å². The molecule has 0 bridgehead atoms. The van der Waals surface area contributed by atoms with Gasteiger partial charge in [0, 0.05) is 24.9 Å². The summed E-state index contributed by atoms with van der Waals surface area (Å²) in [6.07, 6.45) is -3.06. The Kier molecular flexibility index (Phi) is 5.94. The molecule has 3 aromatic rings. The normalized spacial score (nSPS) is 16.0. The summed E-state index contributed by atoms with van der Waals surface area (Å²) in [6.45, 7) is 2.41. The van der Waals surface area contributed by atoms with E-state index in [4.69, 9.17) is 4.74 Å². The number of carbonyl (C=O) groups is 2. The number of nitrogens with one attached hydrogen (secondary N) is 1. The van der Waals surface area contributed by atoms with Gasteiger partial charge in [-0.25, -0.2) is 0 Å². The summed E-state index contributed by atoms with van der Waals surface area (Å²) in [5.41, 5.74) is 1.13. The van der Waals surface area contributed by atoms with Gasteiger partial charge in [0.1, 0.15) is 0 Å². The molecule has 0 spiro atoms. The van der Waals surface area contributed by atoms with Crippen LogP contribution in [0.3, 0.4) is 0 Å². The van der Waals surface area contributed by atoms with E-state index in [2.05, 4.69) is 10.4 Å². The first-order valence-electron chi connectivity index (χ1n) is 10.1. The van der Waals surface area contributed by atoms with Gasteiger partial charge in [-0.15, -0.1) is 0 Å². The molecular formula is C23H21F3N4O3. The number of amides is 2. The van der Waals surface area contributed by atoms with Crippen molar-refractivity contribution in [1.82, 2.24) is 9.78 Å². The van der Waals surface area contributed by atoms with Crippen molar-refractivity contribution in [3.63, 3.8) is 0 Å². The number of halogens is 3. The Hall–Kier alpha value is -3.66. The molecule has 0 radical (unpaired) electrons. The molecule has 0 aliphatic carbocycles. The van der Waals surface area contributed by atoms with Crippen LogP contribution in [-0.4, -0.2) is 35.2 Å². The molecule has 1 aliphatic rings. The molecule has 1 atom stereocenters.